The average molecular weight is 149 g/mol. The topological polar surface area (TPSA) is 62.7 Å². The smallest absolute Gasteiger partial charge is 0.337 e. The Bertz CT molecular complexity index is 128. The van der Waals surface area contributed by atoms with Crippen molar-refractivity contribution >= 4 is 12.5 Å². The fraction of sp³-hybridized carbons (Fsp3) is 0.500. The molecular formula is C4H8FN3O2. The van der Waals surface area contributed by atoms with Crippen LogP contribution >= 0.6 is 0 Å². The Kier molecular flexibility index (Phi) is 5.26. The number of hydrogen-bond acceptors (Lipinski definition) is 3. The lowest BCUT2D eigenvalue weighted by molar-refractivity contribution is 0.172. The number of carbonyl (C=O) groups is 1. The summed E-state index contributed by atoms with van der Waals surface area (Å²) >= 11 is 0. The highest BCUT2D eigenvalue weighted by molar-refractivity contribution is 5.73. The lowest BCUT2D eigenvalue weighted by Crippen LogP contribution is -2.33. The third-order valence-corrected chi connectivity index (χ3v) is 0.592. The first-order chi connectivity index (χ1) is 4.81. The zero-order valence-electron chi connectivity index (χ0n) is 5.43. The normalized spacial score (nSPS) is 9.80. The van der Waals surface area contributed by atoms with Gasteiger partial charge in [0.1, 0.15) is 6.73 Å². The maximum atomic E-state index is 11.1. The number of urea groups is 1. The predicted molar refractivity (Wildman–Crippen MR) is 33.1 cm³/mol. The van der Waals surface area contributed by atoms with Crippen molar-refractivity contribution in [2.75, 3.05) is 13.8 Å². The van der Waals surface area contributed by atoms with E-state index in [1.165, 1.54) is 7.11 Å². The Morgan fingerprint density at radius 3 is 3.10 bits per heavy atom. The first-order valence-electron chi connectivity index (χ1n) is 2.45. The second-order valence-electron chi connectivity index (χ2n) is 1.28. The van der Waals surface area contributed by atoms with E-state index in [1.54, 1.807) is 0 Å². The van der Waals surface area contributed by atoms with Crippen LogP contribution in [-0.4, -0.2) is 26.3 Å². The molecular weight excluding hydrogens is 141 g/mol. The largest absolute Gasteiger partial charge is 0.364 e. The molecule has 0 aliphatic carbocycles. The molecule has 0 fully saturated rings. The van der Waals surface area contributed by atoms with Crippen molar-refractivity contribution in [3.63, 3.8) is 0 Å². The van der Waals surface area contributed by atoms with E-state index in [1.807, 2.05) is 5.43 Å². The quantitative estimate of drug-likeness (QED) is 0.331. The fourth-order valence-electron chi connectivity index (χ4n) is 0.260. The Morgan fingerprint density at radius 2 is 2.60 bits per heavy atom. The molecule has 6 heteroatoms. The summed E-state index contributed by atoms with van der Waals surface area (Å²) in [6.45, 7) is 0.0417. The van der Waals surface area contributed by atoms with Crippen molar-refractivity contribution < 1.29 is 13.9 Å². The molecule has 2 N–H and O–H groups in total. The molecule has 0 aromatic rings. The van der Waals surface area contributed by atoms with E-state index in [9.17, 15) is 9.18 Å². The number of methoxy groups -OCH3 is 1. The van der Waals surface area contributed by atoms with Crippen LogP contribution in [0, 0.1) is 0 Å². The van der Waals surface area contributed by atoms with Gasteiger partial charge in [0.15, 0.2) is 6.47 Å². The molecule has 10 heavy (non-hydrogen) atoms. The number of hydrogen-bond donors (Lipinski definition) is 2. The first kappa shape index (κ1) is 8.83. The van der Waals surface area contributed by atoms with Gasteiger partial charge >= 0.3 is 6.03 Å². The lowest BCUT2D eigenvalue weighted by Gasteiger charge is -1.99. The summed E-state index contributed by atoms with van der Waals surface area (Å²) < 4.78 is 15.6. The Hall–Kier alpha value is -1.17. The minimum atomic E-state index is -0.615. The summed E-state index contributed by atoms with van der Waals surface area (Å²) in [4.78, 5) is 10.4. The molecule has 0 aromatic heterocycles. The predicted octanol–water partition coefficient (Wildman–Crippen LogP) is -0.198. The standard InChI is InChI=1S/C4H8FN3O2/c1-10-3-6-4(9)8-7-2-5/h2H,3H2,1H3,(H2,6,8,9). The van der Waals surface area contributed by atoms with Gasteiger partial charge in [-0.15, -0.1) is 5.10 Å². The molecule has 58 valence electrons. The number of nitrogens with one attached hydrogen (secondary N) is 2. The van der Waals surface area contributed by atoms with E-state index in [0.717, 1.165) is 0 Å². The maximum Gasteiger partial charge on any atom is 0.337 e. The second kappa shape index (κ2) is 5.96. The number of ether oxygens (including phenoxy) is 1. The number of amides is 2. The molecule has 5 nitrogen and oxygen atoms in total. The molecule has 0 aliphatic rings. The summed E-state index contributed by atoms with van der Waals surface area (Å²) in [5, 5.41) is 5.03. The second-order valence-corrected chi connectivity index (χ2v) is 1.28. The summed E-state index contributed by atoms with van der Waals surface area (Å²) in [5.74, 6) is 0. The summed E-state index contributed by atoms with van der Waals surface area (Å²) in [5.41, 5.74) is 1.83. The van der Waals surface area contributed by atoms with Crippen molar-refractivity contribution in [1.82, 2.24) is 10.7 Å². The van der Waals surface area contributed by atoms with Crippen LogP contribution in [-0.2, 0) is 4.74 Å². The highest BCUT2D eigenvalue weighted by atomic mass is 19.1. The molecule has 0 atom stereocenters. The summed E-state index contributed by atoms with van der Waals surface area (Å²) in [6.07, 6.45) is 0. The fourth-order valence-corrected chi connectivity index (χ4v) is 0.260. The average Bonchev–Trinajstić information content (AvgIpc) is 1.97. The molecule has 0 saturated heterocycles. The van der Waals surface area contributed by atoms with Crippen LogP contribution in [0.3, 0.4) is 0 Å². The van der Waals surface area contributed by atoms with Crippen molar-refractivity contribution in [3.05, 3.63) is 0 Å². The molecule has 0 unspecified atom stereocenters. The molecule has 0 spiro atoms. The van der Waals surface area contributed by atoms with Gasteiger partial charge in [-0.1, -0.05) is 0 Å². The van der Waals surface area contributed by atoms with Gasteiger partial charge in [-0.05, 0) is 0 Å². The Morgan fingerprint density at radius 1 is 1.90 bits per heavy atom. The summed E-state index contributed by atoms with van der Waals surface area (Å²) in [7, 11) is 1.42. The first-order valence-corrected chi connectivity index (χ1v) is 2.45. The lowest BCUT2D eigenvalue weighted by atomic mass is 11.0. The van der Waals surface area contributed by atoms with Crippen LogP contribution in [0.15, 0.2) is 5.10 Å². The van der Waals surface area contributed by atoms with E-state index < -0.39 is 6.03 Å². The van der Waals surface area contributed by atoms with Gasteiger partial charge in [-0.25, -0.2) is 10.2 Å². The minimum Gasteiger partial charge on any atom is -0.364 e. The van der Waals surface area contributed by atoms with Gasteiger partial charge in [-0.2, -0.15) is 4.39 Å². The third kappa shape index (κ3) is 4.98. The van der Waals surface area contributed by atoms with Crippen LogP contribution in [0.1, 0.15) is 0 Å². The van der Waals surface area contributed by atoms with Crippen molar-refractivity contribution in [1.29, 1.82) is 0 Å². The van der Waals surface area contributed by atoms with E-state index in [2.05, 4.69) is 15.2 Å². The molecule has 0 rings (SSSR count). The number of carbonyl (C=O) groups excluding carboxylic acids is 1. The molecule has 0 heterocycles. The van der Waals surface area contributed by atoms with Crippen molar-refractivity contribution in [2.24, 2.45) is 5.10 Å². The van der Waals surface area contributed by atoms with Gasteiger partial charge in [0.05, 0.1) is 0 Å². The van der Waals surface area contributed by atoms with E-state index >= 15 is 0 Å². The van der Waals surface area contributed by atoms with Gasteiger partial charge in [0.2, 0.25) is 0 Å². The summed E-state index contributed by atoms with van der Waals surface area (Å²) in [6, 6.07) is -0.615. The monoisotopic (exact) mass is 149 g/mol. The highest BCUT2D eigenvalue weighted by Crippen LogP contribution is 1.65. The van der Waals surface area contributed by atoms with Gasteiger partial charge in [0.25, 0.3) is 0 Å². The molecule has 2 amide bonds. The van der Waals surface area contributed by atoms with E-state index in [-0.39, 0.29) is 13.2 Å². The van der Waals surface area contributed by atoms with Gasteiger partial charge in [-0.3, -0.25) is 0 Å². The van der Waals surface area contributed by atoms with Crippen LogP contribution < -0.4 is 10.7 Å². The molecule has 0 radical (unpaired) electrons. The molecule has 0 saturated carbocycles. The van der Waals surface area contributed by atoms with Crippen LogP contribution in [0.4, 0.5) is 9.18 Å². The van der Waals surface area contributed by atoms with Gasteiger partial charge < -0.3 is 10.1 Å². The zero-order valence-corrected chi connectivity index (χ0v) is 5.43. The number of halogens is 1. The Labute approximate surface area is 57.2 Å². The van der Waals surface area contributed by atoms with E-state index in [4.69, 9.17) is 0 Å². The Balaban J connectivity index is 3.25. The zero-order chi connectivity index (χ0) is 7.82. The van der Waals surface area contributed by atoms with Crippen molar-refractivity contribution in [3.8, 4) is 0 Å². The number of rotatable bonds is 3. The van der Waals surface area contributed by atoms with E-state index in [0.29, 0.717) is 0 Å². The molecule has 0 aliphatic heterocycles. The molecule has 0 bridgehead atoms. The number of hydrazone groups is 1. The maximum absolute atomic E-state index is 11.1. The minimum absolute atomic E-state index is 0.0214. The third-order valence-electron chi connectivity index (χ3n) is 0.592. The number of nitrogens with zero attached hydrogens (tertiary/aromatic N) is 1. The molecule has 0 aromatic carbocycles. The SMILES string of the molecule is COCNC(=O)NN=CF. The van der Waals surface area contributed by atoms with Gasteiger partial charge in [0, 0.05) is 7.11 Å². The van der Waals surface area contributed by atoms with Crippen LogP contribution in [0.5, 0.6) is 0 Å². The van der Waals surface area contributed by atoms with Crippen LogP contribution in [0.2, 0.25) is 0 Å². The van der Waals surface area contributed by atoms with Crippen LogP contribution in [0.25, 0.3) is 0 Å². The van der Waals surface area contributed by atoms with Crippen molar-refractivity contribution in [2.45, 2.75) is 0 Å². The highest BCUT2D eigenvalue weighted by Gasteiger charge is 1.92.